The molecule has 104 valence electrons. The van der Waals surface area contributed by atoms with E-state index in [1.165, 1.54) is 12.0 Å². The molecule has 3 rings (SSSR count). The zero-order chi connectivity index (χ0) is 13.1. The molecule has 19 heavy (non-hydrogen) atoms. The van der Waals surface area contributed by atoms with Gasteiger partial charge in [0.2, 0.25) is 0 Å². The minimum atomic E-state index is 0.350. The summed E-state index contributed by atoms with van der Waals surface area (Å²) in [6, 6.07) is 6.59. The molecule has 1 saturated heterocycles. The first-order valence-electron chi connectivity index (χ1n) is 7.01. The molecule has 4 heteroatoms. The number of hydrogen-bond donors (Lipinski definition) is 1. The monoisotopic (exact) mass is 263 g/mol. The molecule has 0 bridgehead atoms. The Hall–Kier alpha value is -1.26. The van der Waals surface area contributed by atoms with E-state index in [1.54, 1.807) is 0 Å². The van der Waals surface area contributed by atoms with Crippen molar-refractivity contribution in [1.82, 2.24) is 5.32 Å². The molecule has 1 aromatic carbocycles. The average molecular weight is 263 g/mol. The van der Waals surface area contributed by atoms with Gasteiger partial charge in [0.15, 0.2) is 11.5 Å². The molecule has 2 heterocycles. The van der Waals surface area contributed by atoms with Crippen molar-refractivity contribution >= 4 is 0 Å². The van der Waals surface area contributed by atoms with Gasteiger partial charge < -0.3 is 19.5 Å². The number of rotatable bonds is 4. The second-order valence-corrected chi connectivity index (χ2v) is 5.21. The van der Waals surface area contributed by atoms with Gasteiger partial charge in [-0.2, -0.15) is 0 Å². The smallest absolute Gasteiger partial charge is 0.161 e. The van der Waals surface area contributed by atoms with Crippen LogP contribution < -0.4 is 14.8 Å². The van der Waals surface area contributed by atoms with Crippen LogP contribution in [0.4, 0.5) is 0 Å². The highest BCUT2D eigenvalue weighted by Gasteiger charge is 2.22. The van der Waals surface area contributed by atoms with E-state index < -0.39 is 0 Å². The molecule has 0 radical (unpaired) electrons. The Kier molecular flexibility index (Phi) is 3.89. The lowest BCUT2D eigenvalue weighted by atomic mass is 9.94. The van der Waals surface area contributed by atoms with Crippen LogP contribution in [0.2, 0.25) is 0 Å². The normalized spacial score (nSPS) is 23.3. The Morgan fingerprint density at radius 2 is 2.05 bits per heavy atom. The van der Waals surface area contributed by atoms with E-state index in [2.05, 4.69) is 17.4 Å². The van der Waals surface area contributed by atoms with Crippen LogP contribution in [0.1, 0.15) is 24.4 Å². The van der Waals surface area contributed by atoms with E-state index in [4.69, 9.17) is 14.2 Å². The fourth-order valence-corrected chi connectivity index (χ4v) is 2.80. The predicted octanol–water partition coefficient (Wildman–Crippen LogP) is 2.14. The van der Waals surface area contributed by atoms with Crippen LogP contribution in [0.25, 0.3) is 0 Å². The minimum absolute atomic E-state index is 0.350. The molecule has 2 atom stereocenters. The van der Waals surface area contributed by atoms with Gasteiger partial charge in [0, 0.05) is 19.3 Å². The van der Waals surface area contributed by atoms with Gasteiger partial charge in [-0.05, 0) is 43.5 Å². The van der Waals surface area contributed by atoms with Crippen LogP contribution in [-0.2, 0) is 4.74 Å². The molecule has 2 aliphatic rings. The molecule has 0 aliphatic carbocycles. The number of nitrogens with one attached hydrogen (secondary N) is 1. The van der Waals surface area contributed by atoms with Crippen molar-refractivity contribution in [2.24, 2.45) is 5.92 Å². The van der Waals surface area contributed by atoms with Crippen molar-refractivity contribution in [2.75, 3.05) is 33.5 Å². The fourth-order valence-electron chi connectivity index (χ4n) is 2.80. The van der Waals surface area contributed by atoms with Gasteiger partial charge in [-0.3, -0.25) is 0 Å². The lowest BCUT2D eigenvalue weighted by Crippen LogP contribution is -2.21. The Labute approximate surface area is 114 Å². The predicted molar refractivity (Wildman–Crippen MR) is 72.8 cm³/mol. The number of benzene rings is 1. The maximum Gasteiger partial charge on any atom is 0.161 e. The Morgan fingerprint density at radius 1 is 1.21 bits per heavy atom. The topological polar surface area (TPSA) is 39.7 Å². The van der Waals surface area contributed by atoms with Gasteiger partial charge in [0.05, 0.1) is 0 Å². The Balaban J connectivity index is 1.74. The summed E-state index contributed by atoms with van der Waals surface area (Å²) < 4.78 is 16.7. The van der Waals surface area contributed by atoms with Crippen molar-refractivity contribution in [3.63, 3.8) is 0 Å². The SMILES string of the molecule is CNC(CC1CCOC1)c1ccc2c(c1)OCCO2. The molecule has 2 unspecified atom stereocenters. The van der Waals surface area contributed by atoms with E-state index in [1.807, 2.05) is 13.1 Å². The van der Waals surface area contributed by atoms with Gasteiger partial charge in [0.1, 0.15) is 13.2 Å². The lowest BCUT2D eigenvalue weighted by molar-refractivity contribution is 0.171. The van der Waals surface area contributed by atoms with Gasteiger partial charge in [-0.1, -0.05) is 6.07 Å². The quantitative estimate of drug-likeness (QED) is 0.903. The summed E-state index contributed by atoms with van der Waals surface area (Å²) >= 11 is 0. The first-order chi connectivity index (χ1) is 9.36. The maximum atomic E-state index is 5.65. The average Bonchev–Trinajstić information content (AvgIpc) is 2.97. The van der Waals surface area contributed by atoms with E-state index in [0.717, 1.165) is 31.1 Å². The molecule has 0 amide bonds. The fraction of sp³-hybridized carbons (Fsp3) is 0.600. The number of ether oxygens (including phenoxy) is 3. The van der Waals surface area contributed by atoms with Crippen molar-refractivity contribution in [3.8, 4) is 11.5 Å². The molecule has 2 aliphatic heterocycles. The lowest BCUT2D eigenvalue weighted by Gasteiger charge is -2.23. The molecule has 1 aromatic rings. The summed E-state index contributed by atoms with van der Waals surface area (Å²) in [5, 5.41) is 3.40. The van der Waals surface area contributed by atoms with Crippen LogP contribution in [0.15, 0.2) is 18.2 Å². The standard InChI is InChI=1S/C15H21NO3/c1-16-13(8-11-4-5-17-10-11)12-2-3-14-15(9-12)19-7-6-18-14/h2-3,9,11,13,16H,4-8,10H2,1H3. The summed E-state index contributed by atoms with van der Waals surface area (Å²) in [5.74, 6) is 2.38. The minimum Gasteiger partial charge on any atom is -0.486 e. The molecular weight excluding hydrogens is 242 g/mol. The first-order valence-corrected chi connectivity index (χ1v) is 7.01. The van der Waals surface area contributed by atoms with Gasteiger partial charge >= 0.3 is 0 Å². The highest BCUT2D eigenvalue weighted by atomic mass is 16.6. The molecule has 1 N–H and O–H groups in total. The maximum absolute atomic E-state index is 5.65. The molecule has 1 fully saturated rings. The molecule has 4 nitrogen and oxygen atoms in total. The van der Waals surface area contributed by atoms with Crippen molar-refractivity contribution in [1.29, 1.82) is 0 Å². The molecular formula is C15H21NO3. The summed E-state index contributed by atoms with van der Waals surface area (Å²) in [6.07, 6.45) is 2.28. The molecule has 0 aromatic heterocycles. The van der Waals surface area contributed by atoms with E-state index in [-0.39, 0.29) is 0 Å². The summed E-state index contributed by atoms with van der Waals surface area (Å²) in [7, 11) is 2.01. The second kappa shape index (κ2) is 5.80. The van der Waals surface area contributed by atoms with Gasteiger partial charge in [-0.15, -0.1) is 0 Å². The van der Waals surface area contributed by atoms with Crippen molar-refractivity contribution in [3.05, 3.63) is 23.8 Å². The van der Waals surface area contributed by atoms with Crippen molar-refractivity contribution < 1.29 is 14.2 Å². The Bertz CT molecular complexity index is 429. The highest BCUT2D eigenvalue weighted by molar-refractivity contribution is 5.44. The summed E-state index contributed by atoms with van der Waals surface area (Å²) in [5.41, 5.74) is 1.26. The highest BCUT2D eigenvalue weighted by Crippen LogP contribution is 2.34. The number of hydrogen-bond acceptors (Lipinski definition) is 4. The summed E-state index contributed by atoms with van der Waals surface area (Å²) in [4.78, 5) is 0. The van der Waals surface area contributed by atoms with E-state index >= 15 is 0 Å². The third-order valence-electron chi connectivity index (χ3n) is 3.91. The molecule has 0 saturated carbocycles. The van der Waals surface area contributed by atoms with Crippen LogP contribution in [0, 0.1) is 5.92 Å². The third kappa shape index (κ3) is 2.85. The van der Waals surface area contributed by atoms with E-state index in [9.17, 15) is 0 Å². The van der Waals surface area contributed by atoms with Gasteiger partial charge in [0.25, 0.3) is 0 Å². The zero-order valence-electron chi connectivity index (χ0n) is 11.4. The van der Waals surface area contributed by atoms with Crippen LogP contribution in [0.3, 0.4) is 0 Å². The zero-order valence-corrected chi connectivity index (χ0v) is 11.4. The first kappa shape index (κ1) is 12.8. The van der Waals surface area contributed by atoms with E-state index in [0.29, 0.717) is 25.2 Å². The number of fused-ring (bicyclic) bond motifs is 1. The second-order valence-electron chi connectivity index (χ2n) is 5.21. The third-order valence-corrected chi connectivity index (χ3v) is 3.91. The summed E-state index contributed by atoms with van der Waals surface area (Å²) in [6.45, 7) is 3.07. The van der Waals surface area contributed by atoms with Crippen LogP contribution >= 0.6 is 0 Å². The molecule has 0 spiro atoms. The van der Waals surface area contributed by atoms with Crippen LogP contribution in [-0.4, -0.2) is 33.5 Å². The van der Waals surface area contributed by atoms with Gasteiger partial charge in [-0.25, -0.2) is 0 Å². The van der Waals surface area contributed by atoms with Crippen LogP contribution in [0.5, 0.6) is 11.5 Å². The van der Waals surface area contributed by atoms with Crippen molar-refractivity contribution in [2.45, 2.75) is 18.9 Å². The largest absolute Gasteiger partial charge is 0.486 e. The Morgan fingerprint density at radius 3 is 2.79 bits per heavy atom.